The van der Waals surface area contributed by atoms with Gasteiger partial charge in [-0.25, -0.2) is 4.98 Å². The highest BCUT2D eigenvalue weighted by Crippen LogP contribution is 2.32. The number of nitrogens with zero attached hydrogens (tertiary/aromatic N) is 1. The summed E-state index contributed by atoms with van der Waals surface area (Å²) in [4.78, 5) is 44.7. The van der Waals surface area contributed by atoms with E-state index in [2.05, 4.69) is 20.9 Å². The zero-order chi connectivity index (χ0) is 34.9. The molecule has 0 aliphatic carbocycles. The molecule has 248 valence electrons. The van der Waals surface area contributed by atoms with Crippen LogP contribution in [0.2, 0.25) is 10.0 Å². The van der Waals surface area contributed by atoms with Gasteiger partial charge in [-0.2, -0.15) is 0 Å². The standard InChI is InChI=1S/C39H28Cl2N4O3S2/c40-29-18-19-32(33(41)21-29)35-23-50-39(44-35)45-36(46)24-49-31-13-7-12-30(22-31)42-38(48)34(43-37(47)28-10-5-2-6-11-28)20-25-14-16-27(17-15-25)26-8-3-1-4-9-26/h1-23H,24H2,(H,42,48)(H,43,47)(H,44,45,46)/b34-20+. The maximum atomic E-state index is 13.6. The molecule has 11 heteroatoms. The van der Waals surface area contributed by atoms with Crippen molar-refractivity contribution in [3.8, 4) is 22.4 Å². The number of carbonyl (C=O) groups excluding carboxylic acids is 3. The summed E-state index contributed by atoms with van der Waals surface area (Å²) in [6.45, 7) is 0. The molecule has 1 heterocycles. The van der Waals surface area contributed by atoms with Crippen molar-refractivity contribution in [3.63, 3.8) is 0 Å². The number of aromatic nitrogens is 1. The molecule has 1 aromatic heterocycles. The van der Waals surface area contributed by atoms with Crippen molar-refractivity contribution in [2.24, 2.45) is 0 Å². The lowest BCUT2D eigenvalue weighted by atomic mass is 10.0. The van der Waals surface area contributed by atoms with Crippen molar-refractivity contribution >= 4 is 80.9 Å². The van der Waals surface area contributed by atoms with Crippen molar-refractivity contribution in [2.75, 3.05) is 16.4 Å². The van der Waals surface area contributed by atoms with Crippen LogP contribution in [0.4, 0.5) is 10.8 Å². The zero-order valence-corrected chi connectivity index (χ0v) is 29.4. The van der Waals surface area contributed by atoms with Gasteiger partial charge in [-0.15, -0.1) is 23.1 Å². The fraction of sp³-hybridized carbons (Fsp3) is 0.0256. The molecule has 0 atom stereocenters. The second kappa shape index (κ2) is 16.5. The number of carbonyl (C=O) groups is 3. The monoisotopic (exact) mass is 734 g/mol. The highest BCUT2D eigenvalue weighted by atomic mass is 35.5. The second-order valence-electron chi connectivity index (χ2n) is 10.8. The maximum absolute atomic E-state index is 13.6. The average Bonchev–Trinajstić information content (AvgIpc) is 3.59. The Hall–Kier alpha value is -5.19. The number of nitrogens with one attached hydrogen (secondary N) is 3. The first-order chi connectivity index (χ1) is 24.3. The van der Waals surface area contributed by atoms with Gasteiger partial charge in [-0.1, -0.05) is 102 Å². The normalized spacial score (nSPS) is 11.1. The molecule has 0 unspecified atom stereocenters. The summed E-state index contributed by atoms with van der Waals surface area (Å²) in [6, 6.07) is 38.7. The van der Waals surface area contributed by atoms with E-state index >= 15 is 0 Å². The number of amides is 3. The summed E-state index contributed by atoms with van der Waals surface area (Å²) >= 11 is 14.9. The fourth-order valence-corrected chi connectivity index (χ4v) is 6.82. The summed E-state index contributed by atoms with van der Waals surface area (Å²) in [5, 5.41) is 11.8. The molecule has 0 aliphatic heterocycles. The van der Waals surface area contributed by atoms with Gasteiger partial charge in [0.05, 0.1) is 16.5 Å². The molecule has 3 amide bonds. The first kappa shape index (κ1) is 34.7. The third kappa shape index (κ3) is 9.28. The number of halogens is 2. The SMILES string of the molecule is O=C(CSc1cccc(NC(=O)/C(=C\c2ccc(-c3ccccc3)cc2)NC(=O)c2ccccc2)c1)Nc1nc(-c2ccc(Cl)cc2Cl)cs1. The molecule has 7 nitrogen and oxygen atoms in total. The van der Waals surface area contributed by atoms with E-state index in [1.54, 1.807) is 66.7 Å². The van der Waals surface area contributed by atoms with E-state index in [9.17, 15) is 14.4 Å². The van der Waals surface area contributed by atoms with Crippen molar-refractivity contribution in [1.29, 1.82) is 0 Å². The first-order valence-electron chi connectivity index (χ1n) is 15.3. The summed E-state index contributed by atoms with van der Waals surface area (Å²) in [6.07, 6.45) is 1.64. The average molecular weight is 736 g/mol. The minimum absolute atomic E-state index is 0.0754. The minimum Gasteiger partial charge on any atom is -0.321 e. The predicted molar refractivity (Wildman–Crippen MR) is 206 cm³/mol. The molecule has 50 heavy (non-hydrogen) atoms. The lowest BCUT2D eigenvalue weighted by Crippen LogP contribution is -2.30. The lowest BCUT2D eigenvalue weighted by Gasteiger charge is -2.12. The molecular weight excluding hydrogens is 707 g/mol. The third-order valence-corrected chi connectivity index (χ3v) is 9.58. The Kier molecular flexibility index (Phi) is 11.4. The number of rotatable bonds is 11. The van der Waals surface area contributed by atoms with Gasteiger partial charge in [0.1, 0.15) is 5.70 Å². The third-order valence-electron chi connectivity index (χ3n) is 7.28. The van der Waals surface area contributed by atoms with Crippen molar-refractivity contribution in [3.05, 3.63) is 160 Å². The van der Waals surface area contributed by atoms with E-state index in [-0.39, 0.29) is 17.4 Å². The Morgan fingerprint density at radius 1 is 0.760 bits per heavy atom. The van der Waals surface area contributed by atoms with Crippen LogP contribution in [-0.4, -0.2) is 28.5 Å². The van der Waals surface area contributed by atoms with Gasteiger partial charge in [0.25, 0.3) is 11.8 Å². The highest BCUT2D eigenvalue weighted by Gasteiger charge is 2.16. The van der Waals surface area contributed by atoms with Gasteiger partial charge in [0.15, 0.2) is 5.13 Å². The fourth-order valence-electron chi connectivity index (χ4n) is 4.83. The van der Waals surface area contributed by atoms with E-state index in [4.69, 9.17) is 23.2 Å². The Morgan fingerprint density at radius 2 is 1.48 bits per heavy atom. The Labute approximate surface area is 307 Å². The second-order valence-corrected chi connectivity index (χ2v) is 13.6. The van der Waals surface area contributed by atoms with Gasteiger partial charge < -0.3 is 16.0 Å². The number of benzene rings is 5. The lowest BCUT2D eigenvalue weighted by molar-refractivity contribution is -0.114. The van der Waals surface area contributed by atoms with Crippen LogP contribution in [0.3, 0.4) is 0 Å². The van der Waals surface area contributed by atoms with Crippen molar-refractivity contribution in [2.45, 2.75) is 4.90 Å². The van der Waals surface area contributed by atoms with Crippen LogP contribution in [0.1, 0.15) is 15.9 Å². The van der Waals surface area contributed by atoms with Crippen LogP contribution >= 0.6 is 46.3 Å². The number of thioether (sulfide) groups is 1. The van der Waals surface area contributed by atoms with Crippen LogP contribution in [0.15, 0.2) is 143 Å². The topological polar surface area (TPSA) is 100 Å². The Balaban J connectivity index is 1.12. The largest absolute Gasteiger partial charge is 0.321 e. The summed E-state index contributed by atoms with van der Waals surface area (Å²) in [7, 11) is 0. The van der Waals surface area contributed by atoms with Crippen molar-refractivity contribution in [1.82, 2.24) is 10.3 Å². The highest BCUT2D eigenvalue weighted by molar-refractivity contribution is 8.00. The molecular formula is C39H28Cl2N4O3S2. The number of hydrogen-bond acceptors (Lipinski definition) is 6. The van der Waals surface area contributed by atoms with E-state index in [0.29, 0.717) is 32.1 Å². The molecule has 0 radical (unpaired) electrons. The van der Waals surface area contributed by atoms with E-state index in [1.165, 1.54) is 23.1 Å². The molecule has 5 aromatic carbocycles. The minimum atomic E-state index is -0.498. The number of hydrogen-bond donors (Lipinski definition) is 3. The van der Waals surface area contributed by atoms with Crippen LogP contribution < -0.4 is 16.0 Å². The van der Waals surface area contributed by atoms with Crippen LogP contribution in [0.25, 0.3) is 28.5 Å². The summed E-state index contributed by atoms with van der Waals surface area (Å²) in [5.41, 5.74) is 5.21. The maximum Gasteiger partial charge on any atom is 0.272 e. The summed E-state index contributed by atoms with van der Waals surface area (Å²) in [5.74, 6) is -1.03. The van der Waals surface area contributed by atoms with E-state index < -0.39 is 11.8 Å². The quantitative estimate of drug-likeness (QED) is 0.0909. The van der Waals surface area contributed by atoms with Gasteiger partial charge in [0, 0.05) is 32.1 Å². The molecule has 6 rings (SSSR count). The molecule has 6 aromatic rings. The molecule has 0 spiro atoms. The molecule has 0 saturated carbocycles. The molecule has 0 aliphatic rings. The van der Waals surface area contributed by atoms with Gasteiger partial charge >= 0.3 is 0 Å². The molecule has 0 fully saturated rings. The van der Waals surface area contributed by atoms with E-state index in [0.717, 1.165) is 27.1 Å². The Morgan fingerprint density at radius 3 is 2.22 bits per heavy atom. The van der Waals surface area contributed by atoms with Gasteiger partial charge in [-0.3, -0.25) is 14.4 Å². The first-order valence-corrected chi connectivity index (χ1v) is 17.9. The molecule has 3 N–H and O–H groups in total. The van der Waals surface area contributed by atoms with Crippen LogP contribution in [0.5, 0.6) is 0 Å². The van der Waals surface area contributed by atoms with E-state index in [1.807, 2.05) is 72.1 Å². The predicted octanol–water partition coefficient (Wildman–Crippen LogP) is 9.92. The zero-order valence-electron chi connectivity index (χ0n) is 26.2. The Bertz CT molecular complexity index is 2170. The van der Waals surface area contributed by atoms with Gasteiger partial charge in [0.2, 0.25) is 5.91 Å². The molecule has 0 bridgehead atoms. The molecule has 0 saturated heterocycles. The van der Waals surface area contributed by atoms with Crippen LogP contribution in [-0.2, 0) is 9.59 Å². The number of thiazole rings is 1. The smallest absolute Gasteiger partial charge is 0.272 e. The van der Waals surface area contributed by atoms with Crippen molar-refractivity contribution < 1.29 is 14.4 Å². The van der Waals surface area contributed by atoms with Gasteiger partial charge in [-0.05, 0) is 71.3 Å². The number of anilines is 2. The summed E-state index contributed by atoms with van der Waals surface area (Å²) < 4.78 is 0. The van der Waals surface area contributed by atoms with Crippen LogP contribution in [0, 0.1) is 0 Å².